The highest BCUT2D eigenvalue weighted by molar-refractivity contribution is 5.26. The summed E-state index contributed by atoms with van der Waals surface area (Å²) in [5, 5.41) is 0. The second kappa shape index (κ2) is 5.66. The molecule has 1 saturated carbocycles. The van der Waals surface area contributed by atoms with Crippen LogP contribution in [0.2, 0.25) is 0 Å². The first-order valence-corrected chi connectivity index (χ1v) is 8.16. The van der Waals surface area contributed by atoms with Crippen molar-refractivity contribution in [2.45, 2.75) is 57.4 Å². The molecule has 3 rings (SSSR count). The molecule has 1 aliphatic heterocycles. The maximum atomic E-state index is 2.80. The van der Waals surface area contributed by atoms with Crippen LogP contribution in [0, 0.1) is 5.92 Å². The minimum absolute atomic E-state index is 0.365. The summed E-state index contributed by atoms with van der Waals surface area (Å²) in [6.07, 6.45) is 9.73. The molecule has 1 heterocycles. The van der Waals surface area contributed by atoms with Crippen molar-refractivity contribution in [3.05, 3.63) is 35.9 Å². The Labute approximate surface area is 118 Å². The molecule has 0 atom stereocenters. The first kappa shape index (κ1) is 13.2. The van der Waals surface area contributed by atoms with E-state index >= 15 is 0 Å². The van der Waals surface area contributed by atoms with Gasteiger partial charge in [0.05, 0.1) is 0 Å². The van der Waals surface area contributed by atoms with Gasteiger partial charge in [0.25, 0.3) is 0 Å². The molecule has 1 aliphatic carbocycles. The Morgan fingerprint density at radius 2 is 1.68 bits per heavy atom. The van der Waals surface area contributed by atoms with Crippen LogP contribution < -0.4 is 0 Å². The fourth-order valence-corrected chi connectivity index (χ4v) is 4.24. The SMILES string of the molecule is CCC1CCC(c2ccccc2)(N2CCCC2)CC1. The first-order chi connectivity index (χ1) is 9.35. The summed E-state index contributed by atoms with van der Waals surface area (Å²) in [4.78, 5) is 2.80. The number of likely N-dealkylation sites (tertiary alicyclic amines) is 1. The lowest BCUT2D eigenvalue weighted by molar-refractivity contribution is 0.0521. The summed E-state index contributed by atoms with van der Waals surface area (Å²) in [6, 6.07) is 11.3. The van der Waals surface area contributed by atoms with Crippen molar-refractivity contribution in [2.75, 3.05) is 13.1 Å². The first-order valence-electron chi connectivity index (χ1n) is 8.16. The zero-order valence-corrected chi connectivity index (χ0v) is 12.3. The van der Waals surface area contributed by atoms with Gasteiger partial charge in [0.2, 0.25) is 0 Å². The van der Waals surface area contributed by atoms with Crippen molar-refractivity contribution in [1.29, 1.82) is 0 Å². The quantitative estimate of drug-likeness (QED) is 0.766. The zero-order chi connectivity index (χ0) is 13.1. The molecule has 19 heavy (non-hydrogen) atoms. The van der Waals surface area contributed by atoms with Crippen molar-refractivity contribution in [2.24, 2.45) is 5.92 Å². The Balaban J connectivity index is 1.88. The van der Waals surface area contributed by atoms with Crippen LogP contribution in [0.5, 0.6) is 0 Å². The van der Waals surface area contributed by atoms with E-state index < -0.39 is 0 Å². The average Bonchev–Trinajstić information content (AvgIpc) is 3.03. The number of hydrogen-bond donors (Lipinski definition) is 0. The highest BCUT2D eigenvalue weighted by Crippen LogP contribution is 2.46. The molecule has 1 aromatic carbocycles. The van der Waals surface area contributed by atoms with E-state index in [2.05, 4.69) is 42.2 Å². The van der Waals surface area contributed by atoms with Crippen molar-refractivity contribution in [3.8, 4) is 0 Å². The van der Waals surface area contributed by atoms with Gasteiger partial charge in [-0.3, -0.25) is 4.90 Å². The lowest BCUT2D eigenvalue weighted by atomic mass is 9.71. The Morgan fingerprint density at radius 3 is 2.26 bits per heavy atom. The molecule has 0 spiro atoms. The van der Waals surface area contributed by atoms with Crippen molar-refractivity contribution in [1.82, 2.24) is 4.90 Å². The van der Waals surface area contributed by atoms with Gasteiger partial charge in [-0.25, -0.2) is 0 Å². The standard InChI is InChI=1S/C18H27N/c1-2-16-10-12-18(13-11-16,19-14-6-7-15-19)17-8-4-3-5-9-17/h3-5,8-9,16H,2,6-7,10-15H2,1H3. The largest absolute Gasteiger partial charge is 0.294 e. The predicted molar refractivity (Wildman–Crippen MR) is 81.2 cm³/mol. The molecule has 0 aromatic heterocycles. The fraction of sp³-hybridized carbons (Fsp3) is 0.667. The third kappa shape index (κ3) is 2.45. The van der Waals surface area contributed by atoms with Crippen molar-refractivity contribution < 1.29 is 0 Å². The van der Waals surface area contributed by atoms with Crippen LogP contribution in [0.4, 0.5) is 0 Å². The molecule has 2 aliphatic rings. The molecule has 0 N–H and O–H groups in total. The molecule has 0 bridgehead atoms. The van der Waals surface area contributed by atoms with Gasteiger partial charge < -0.3 is 0 Å². The van der Waals surface area contributed by atoms with E-state index in [-0.39, 0.29) is 0 Å². The summed E-state index contributed by atoms with van der Waals surface area (Å²) in [6.45, 7) is 4.98. The summed E-state index contributed by atoms with van der Waals surface area (Å²) in [5.74, 6) is 0.972. The van der Waals surface area contributed by atoms with Gasteiger partial charge in [-0.2, -0.15) is 0 Å². The van der Waals surface area contributed by atoms with E-state index in [0.717, 1.165) is 5.92 Å². The van der Waals surface area contributed by atoms with Crippen LogP contribution in [0.15, 0.2) is 30.3 Å². The van der Waals surface area contributed by atoms with E-state index in [0.29, 0.717) is 5.54 Å². The van der Waals surface area contributed by atoms with E-state index in [4.69, 9.17) is 0 Å². The van der Waals surface area contributed by atoms with E-state index in [1.54, 1.807) is 5.56 Å². The van der Waals surface area contributed by atoms with Crippen LogP contribution in [-0.2, 0) is 5.54 Å². The van der Waals surface area contributed by atoms with E-state index in [1.165, 1.54) is 58.0 Å². The average molecular weight is 257 g/mol. The number of hydrogen-bond acceptors (Lipinski definition) is 1. The third-order valence-electron chi connectivity index (χ3n) is 5.53. The fourth-order valence-electron chi connectivity index (χ4n) is 4.24. The lowest BCUT2D eigenvalue weighted by Gasteiger charge is -2.47. The Hall–Kier alpha value is -0.820. The Bertz CT molecular complexity index is 383. The molecular weight excluding hydrogens is 230 g/mol. The van der Waals surface area contributed by atoms with Gasteiger partial charge in [0.15, 0.2) is 0 Å². The summed E-state index contributed by atoms with van der Waals surface area (Å²) >= 11 is 0. The smallest absolute Gasteiger partial charge is 0.0460 e. The topological polar surface area (TPSA) is 3.24 Å². The Morgan fingerprint density at radius 1 is 1.05 bits per heavy atom. The molecule has 1 heteroatoms. The maximum Gasteiger partial charge on any atom is 0.0460 e. The van der Waals surface area contributed by atoms with E-state index in [9.17, 15) is 0 Å². The van der Waals surface area contributed by atoms with E-state index in [1.807, 2.05) is 0 Å². The van der Waals surface area contributed by atoms with Crippen LogP contribution in [0.25, 0.3) is 0 Å². The molecule has 104 valence electrons. The van der Waals surface area contributed by atoms with Crippen molar-refractivity contribution in [3.63, 3.8) is 0 Å². The maximum absolute atomic E-state index is 2.80. The summed E-state index contributed by atoms with van der Waals surface area (Å²) < 4.78 is 0. The molecule has 2 fully saturated rings. The number of benzene rings is 1. The molecule has 0 unspecified atom stereocenters. The highest BCUT2D eigenvalue weighted by atomic mass is 15.2. The number of nitrogens with zero attached hydrogens (tertiary/aromatic N) is 1. The van der Waals surface area contributed by atoms with Gasteiger partial charge in [-0.15, -0.1) is 0 Å². The van der Waals surface area contributed by atoms with Crippen LogP contribution in [0.1, 0.15) is 57.4 Å². The van der Waals surface area contributed by atoms with Gasteiger partial charge in [0.1, 0.15) is 0 Å². The molecule has 1 aromatic rings. The van der Waals surface area contributed by atoms with Crippen LogP contribution in [-0.4, -0.2) is 18.0 Å². The summed E-state index contributed by atoms with van der Waals surface area (Å²) in [5.41, 5.74) is 1.94. The van der Waals surface area contributed by atoms with Gasteiger partial charge >= 0.3 is 0 Å². The van der Waals surface area contributed by atoms with Gasteiger partial charge in [-0.1, -0.05) is 43.7 Å². The minimum Gasteiger partial charge on any atom is -0.294 e. The molecule has 0 radical (unpaired) electrons. The normalized spacial score (nSPS) is 32.6. The highest BCUT2D eigenvalue weighted by Gasteiger charge is 2.41. The second-order valence-corrected chi connectivity index (χ2v) is 6.44. The van der Waals surface area contributed by atoms with Crippen molar-refractivity contribution >= 4 is 0 Å². The number of rotatable bonds is 3. The monoisotopic (exact) mass is 257 g/mol. The molecule has 1 nitrogen and oxygen atoms in total. The van der Waals surface area contributed by atoms with Crippen LogP contribution in [0.3, 0.4) is 0 Å². The lowest BCUT2D eigenvalue weighted by Crippen LogP contribution is -2.47. The molecule has 0 amide bonds. The van der Waals surface area contributed by atoms with Gasteiger partial charge in [-0.05, 0) is 63.1 Å². The zero-order valence-electron chi connectivity index (χ0n) is 12.3. The molecular formula is C18H27N. The second-order valence-electron chi connectivity index (χ2n) is 6.44. The molecule has 1 saturated heterocycles. The predicted octanol–water partition coefficient (Wildman–Crippen LogP) is 4.58. The summed E-state index contributed by atoms with van der Waals surface area (Å²) in [7, 11) is 0. The Kier molecular flexibility index (Phi) is 3.93. The third-order valence-corrected chi connectivity index (χ3v) is 5.53. The van der Waals surface area contributed by atoms with Gasteiger partial charge in [0, 0.05) is 5.54 Å². The van der Waals surface area contributed by atoms with Crippen LogP contribution >= 0.6 is 0 Å². The minimum atomic E-state index is 0.365.